The number of alkyl halides is 2. The fourth-order valence-corrected chi connectivity index (χ4v) is 1.27. The maximum atomic E-state index is 13.1. The molecule has 14 heavy (non-hydrogen) atoms. The lowest BCUT2D eigenvalue weighted by molar-refractivity contribution is 0.00554. The molecule has 0 aliphatic carbocycles. The van der Waals surface area contributed by atoms with E-state index in [4.69, 9.17) is 0 Å². The summed E-state index contributed by atoms with van der Waals surface area (Å²) in [5.41, 5.74) is 1.04. The zero-order chi connectivity index (χ0) is 10.8. The second-order valence-electron chi connectivity index (χ2n) is 3.06. The molecular weight excluding hydrogens is 188 g/mol. The first-order valence-electron chi connectivity index (χ1n) is 4.02. The van der Waals surface area contributed by atoms with Crippen LogP contribution in [0.25, 0.3) is 0 Å². The summed E-state index contributed by atoms with van der Waals surface area (Å²) in [7, 11) is 0. The maximum Gasteiger partial charge on any atom is 0.379 e. The summed E-state index contributed by atoms with van der Waals surface area (Å²) in [5, 5.41) is 0. The van der Waals surface area contributed by atoms with Crippen molar-refractivity contribution in [2.24, 2.45) is 4.99 Å². The summed E-state index contributed by atoms with van der Waals surface area (Å²) in [6.45, 7) is 3.36. The molecule has 0 fully saturated rings. The van der Waals surface area contributed by atoms with E-state index in [-0.39, 0.29) is 5.56 Å². The van der Waals surface area contributed by atoms with Gasteiger partial charge in [0.1, 0.15) is 0 Å². The number of carbonyl (C=O) groups excluding carboxylic acids is 1. The second-order valence-corrected chi connectivity index (χ2v) is 3.06. The molecule has 0 aliphatic rings. The lowest BCUT2D eigenvalue weighted by Gasteiger charge is -2.12. The lowest BCUT2D eigenvalue weighted by Crippen LogP contribution is -2.11. The monoisotopic (exact) mass is 197 g/mol. The number of aryl methyl sites for hydroxylation is 2. The van der Waals surface area contributed by atoms with Crippen molar-refractivity contribution >= 4 is 6.08 Å². The Bertz CT molecular complexity index is 395. The molecule has 0 spiro atoms. The molecule has 1 aromatic rings. The zero-order valence-electron chi connectivity index (χ0n) is 7.84. The van der Waals surface area contributed by atoms with Crippen molar-refractivity contribution in [2.45, 2.75) is 19.9 Å². The Kier molecular flexibility index (Phi) is 2.77. The van der Waals surface area contributed by atoms with Gasteiger partial charge in [-0.3, -0.25) is 0 Å². The van der Waals surface area contributed by atoms with E-state index in [0.29, 0.717) is 5.56 Å². The summed E-state index contributed by atoms with van der Waals surface area (Å²) in [5.74, 6) is 0. The number of rotatable bonds is 2. The van der Waals surface area contributed by atoms with Crippen molar-refractivity contribution in [1.29, 1.82) is 0 Å². The molecule has 0 saturated carbocycles. The SMILES string of the molecule is Cc1ccc(C(F)(F)N=C=O)c(C)c1. The van der Waals surface area contributed by atoms with Gasteiger partial charge in [-0.2, -0.15) is 8.78 Å². The first-order valence-corrected chi connectivity index (χ1v) is 4.02. The minimum absolute atomic E-state index is 0.258. The van der Waals surface area contributed by atoms with Crippen LogP contribution in [0.3, 0.4) is 0 Å². The number of isocyanates is 1. The van der Waals surface area contributed by atoms with Crippen LogP contribution in [0.4, 0.5) is 8.78 Å². The zero-order valence-corrected chi connectivity index (χ0v) is 7.84. The van der Waals surface area contributed by atoms with Gasteiger partial charge in [0.15, 0.2) is 0 Å². The molecule has 0 aromatic heterocycles. The minimum atomic E-state index is -3.47. The highest BCUT2D eigenvalue weighted by Gasteiger charge is 2.32. The quantitative estimate of drug-likeness (QED) is 0.407. The third kappa shape index (κ3) is 2.03. The van der Waals surface area contributed by atoms with Gasteiger partial charge in [0.25, 0.3) is 0 Å². The summed E-state index contributed by atoms with van der Waals surface area (Å²) >= 11 is 0. The van der Waals surface area contributed by atoms with E-state index in [2.05, 4.69) is 4.99 Å². The molecule has 0 radical (unpaired) electrons. The van der Waals surface area contributed by atoms with Crippen molar-refractivity contribution in [2.75, 3.05) is 0 Å². The van der Waals surface area contributed by atoms with Crippen molar-refractivity contribution in [1.82, 2.24) is 0 Å². The highest BCUT2D eigenvalue weighted by molar-refractivity contribution is 5.39. The van der Waals surface area contributed by atoms with Crippen LogP contribution in [0.15, 0.2) is 23.2 Å². The molecular formula is C10H9F2NO. The number of hydrogen-bond donors (Lipinski definition) is 0. The standard InChI is InChI=1S/C10H9F2NO/c1-7-3-4-9(8(2)5-7)10(11,12)13-6-14/h3-5H,1-2H3. The first-order chi connectivity index (χ1) is 6.47. The van der Waals surface area contributed by atoms with E-state index in [1.807, 2.05) is 0 Å². The Morgan fingerprint density at radius 2 is 2.00 bits per heavy atom. The Hall–Kier alpha value is -1.54. The Morgan fingerprint density at radius 1 is 1.36 bits per heavy atom. The average molecular weight is 197 g/mol. The third-order valence-corrected chi connectivity index (χ3v) is 1.89. The molecule has 0 atom stereocenters. The van der Waals surface area contributed by atoms with Gasteiger partial charge in [-0.15, -0.1) is 4.99 Å². The molecule has 0 unspecified atom stereocenters. The number of benzene rings is 1. The van der Waals surface area contributed by atoms with Crippen molar-refractivity contribution in [3.05, 3.63) is 34.9 Å². The molecule has 1 aromatic carbocycles. The predicted molar refractivity (Wildman–Crippen MR) is 47.9 cm³/mol. The minimum Gasteiger partial charge on any atom is -0.211 e. The van der Waals surface area contributed by atoms with Crippen LogP contribution in [0.1, 0.15) is 16.7 Å². The van der Waals surface area contributed by atoms with Crippen molar-refractivity contribution in [3.63, 3.8) is 0 Å². The van der Waals surface area contributed by atoms with Gasteiger partial charge < -0.3 is 0 Å². The second kappa shape index (κ2) is 3.68. The molecule has 2 nitrogen and oxygen atoms in total. The maximum absolute atomic E-state index is 13.1. The predicted octanol–water partition coefficient (Wildman–Crippen LogP) is 2.69. The molecule has 4 heteroatoms. The molecule has 0 saturated heterocycles. The Labute approximate surface area is 80.3 Å². The van der Waals surface area contributed by atoms with E-state index < -0.39 is 6.05 Å². The van der Waals surface area contributed by atoms with Gasteiger partial charge in [-0.05, 0) is 19.4 Å². The number of aliphatic imine (C=N–C) groups is 1. The highest BCUT2D eigenvalue weighted by Crippen LogP contribution is 2.31. The molecule has 0 bridgehead atoms. The van der Waals surface area contributed by atoms with Gasteiger partial charge in [-0.1, -0.05) is 23.8 Å². The van der Waals surface area contributed by atoms with E-state index in [1.165, 1.54) is 6.07 Å². The van der Waals surface area contributed by atoms with Gasteiger partial charge in [0.2, 0.25) is 6.08 Å². The largest absolute Gasteiger partial charge is 0.379 e. The van der Waals surface area contributed by atoms with Crippen LogP contribution < -0.4 is 0 Å². The smallest absolute Gasteiger partial charge is 0.211 e. The summed E-state index contributed by atoms with van der Waals surface area (Å²) < 4.78 is 26.2. The third-order valence-electron chi connectivity index (χ3n) is 1.89. The van der Waals surface area contributed by atoms with E-state index in [1.54, 1.807) is 26.0 Å². The highest BCUT2D eigenvalue weighted by atomic mass is 19.3. The number of hydrogen-bond acceptors (Lipinski definition) is 2. The molecule has 1 rings (SSSR count). The normalized spacial score (nSPS) is 10.9. The van der Waals surface area contributed by atoms with Gasteiger partial charge >= 0.3 is 6.05 Å². The van der Waals surface area contributed by atoms with Gasteiger partial charge in [-0.25, -0.2) is 4.79 Å². The Balaban J connectivity index is 3.25. The van der Waals surface area contributed by atoms with Crippen molar-refractivity contribution in [3.8, 4) is 0 Å². The van der Waals surface area contributed by atoms with Crippen LogP contribution in [0, 0.1) is 13.8 Å². The fraction of sp³-hybridized carbons (Fsp3) is 0.300. The molecule has 74 valence electrons. The van der Waals surface area contributed by atoms with Crippen LogP contribution in [0.5, 0.6) is 0 Å². The molecule has 0 N–H and O–H groups in total. The number of halogens is 2. The van der Waals surface area contributed by atoms with Gasteiger partial charge in [0.05, 0.1) is 0 Å². The molecule has 0 amide bonds. The van der Waals surface area contributed by atoms with Crippen LogP contribution in [0.2, 0.25) is 0 Å². The molecule has 0 heterocycles. The molecule has 0 aliphatic heterocycles. The number of nitrogens with zero attached hydrogens (tertiary/aromatic N) is 1. The average Bonchev–Trinajstić information content (AvgIpc) is 2.02. The van der Waals surface area contributed by atoms with E-state index in [9.17, 15) is 13.6 Å². The van der Waals surface area contributed by atoms with E-state index in [0.717, 1.165) is 11.6 Å². The summed E-state index contributed by atoms with van der Waals surface area (Å²) in [6.07, 6.45) is 0.873. The summed E-state index contributed by atoms with van der Waals surface area (Å²) in [6, 6.07) is 0.963. The van der Waals surface area contributed by atoms with E-state index >= 15 is 0 Å². The van der Waals surface area contributed by atoms with Crippen LogP contribution in [-0.2, 0) is 10.8 Å². The fourth-order valence-electron chi connectivity index (χ4n) is 1.27. The lowest BCUT2D eigenvalue weighted by atomic mass is 10.0. The first kappa shape index (κ1) is 10.5. The van der Waals surface area contributed by atoms with Crippen LogP contribution in [-0.4, -0.2) is 6.08 Å². The summed E-state index contributed by atoms with van der Waals surface area (Å²) in [4.78, 5) is 12.3. The van der Waals surface area contributed by atoms with Gasteiger partial charge in [0, 0.05) is 5.56 Å². The topological polar surface area (TPSA) is 29.4 Å². The van der Waals surface area contributed by atoms with Crippen molar-refractivity contribution < 1.29 is 13.6 Å². The van der Waals surface area contributed by atoms with Crippen LogP contribution >= 0.6 is 0 Å². The Morgan fingerprint density at radius 3 is 2.50 bits per heavy atom.